The third-order valence-electron chi connectivity index (χ3n) is 4.31. The molecule has 0 aliphatic rings. The van der Waals surface area contributed by atoms with Crippen molar-refractivity contribution in [1.82, 2.24) is 9.36 Å². The van der Waals surface area contributed by atoms with Crippen LogP contribution in [0.2, 0.25) is 0 Å². The maximum Gasteiger partial charge on any atom is 0.309 e. The summed E-state index contributed by atoms with van der Waals surface area (Å²) in [6.45, 7) is 3.19. The molecule has 0 saturated carbocycles. The Kier molecular flexibility index (Phi) is 5.92. The average molecular weight is 352 g/mol. The Bertz CT molecular complexity index is 883. The topological polar surface area (TPSA) is 45.4 Å². The maximum absolute atomic E-state index is 12.6. The summed E-state index contributed by atoms with van der Waals surface area (Å²) in [4.78, 5) is 12.6. The molecule has 0 saturated heterocycles. The Balaban J connectivity index is 1.72. The molecule has 3 rings (SSSR count). The molecule has 0 N–H and O–H groups in total. The van der Waals surface area contributed by atoms with E-state index in [1.54, 1.807) is 11.7 Å². The second-order valence-electron chi connectivity index (χ2n) is 6.10. The molecule has 0 bridgehead atoms. The second-order valence-corrected chi connectivity index (χ2v) is 6.10. The van der Waals surface area contributed by atoms with Crippen molar-refractivity contribution in [2.24, 2.45) is 7.05 Å². The lowest BCUT2D eigenvalue weighted by atomic mass is 10.2. The lowest BCUT2D eigenvalue weighted by molar-refractivity contribution is 0.0466. The minimum atomic E-state index is -0.138. The minimum Gasteiger partial charge on any atom is -0.482 e. The molecule has 1 aromatic heterocycles. The molecule has 0 unspecified atom stereocenters. The molecule has 0 atom stereocenters. The van der Waals surface area contributed by atoms with Crippen molar-refractivity contribution in [3.8, 4) is 5.75 Å². The van der Waals surface area contributed by atoms with Crippen LogP contribution in [0.3, 0.4) is 0 Å². The molecule has 0 radical (unpaired) electrons. The van der Waals surface area contributed by atoms with Gasteiger partial charge in [0.2, 0.25) is 5.75 Å². The van der Waals surface area contributed by atoms with Crippen LogP contribution >= 0.6 is 0 Å². The van der Waals surface area contributed by atoms with Gasteiger partial charge in [0.1, 0.15) is 13.3 Å². The van der Waals surface area contributed by atoms with Gasteiger partial charge in [0, 0.05) is 7.05 Å². The number of aromatic nitrogens is 2. The van der Waals surface area contributed by atoms with E-state index in [0.29, 0.717) is 32.1 Å². The van der Waals surface area contributed by atoms with Gasteiger partial charge >= 0.3 is 5.56 Å². The SMILES string of the molecule is CCc1c(OCc2ccccc2)c(=O)n(C)n1COCc1ccccc1. The molecule has 2 aromatic carbocycles. The standard InChI is InChI=1S/C21H24N2O3/c1-3-19-20(26-15-18-12-8-5-9-13-18)21(24)22(2)23(19)16-25-14-17-10-6-4-7-11-17/h4-13H,3,14-16H2,1-2H3. The van der Waals surface area contributed by atoms with Crippen molar-refractivity contribution < 1.29 is 9.47 Å². The van der Waals surface area contributed by atoms with Gasteiger partial charge in [0.05, 0.1) is 12.3 Å². The van der Waals surface area contributed by atoms with Gasteiger partial charge in [-0.1, -0.05) is 67.6 Å². The minimum absolute atomic E-state index is 0.138. The summed E-state index contributed by atoms with van der Waals surface area (Å²) in [6, 6.07) is 19.8. The van der Waals surface area contributed by atoms with Crippen molar-refractivity contribution in [3.05, 3.63) is 87.8 Å². The number of benzene rings is 2. The molecule has 3 aromatic rings. The Morgan fingerprint density at radius 2 is 1.46 bits per heavy atom. The summed E-state index contributed by atoms with van der Waals surface area (Å²) in [5, 5.41) is 0. The van der Waals surface area contributed by atoms with Crippen LogP contribution in [0.4, 0.5) is 0 Å². The zero-order valence-electron chi connectivity index (χ0n) is 15.2. The van der Waals surface area contributed by atoms with Crippen LogP contribution in [0, 0.1) is 0 Å². The zero-order valence-corrected chi connectivity index (χ0v) is 15.2. The van der Waals surface area contributed by atoms with Crippen LogP contribution in [0.1, 0.15) is 23.7 Å². The first-order valence-corrected chi connectivity index (χ1v) is 8.77. The highest BCUT2D eigenvalue weighted by Gasteiger charge is 2.18. The molecule has 0 spiro atoms. The third-order valence-corrected chi connectivity index (χ3v) is 4.31. The molecule has 1 heterocycles. The zero-order chi connectivity index (χ0) is 18.4. The molecule has 5 heteroatoms. The molecule has 5 nitrogen and oxygen atoms in total. The van der Waals surface area contributed by atoms with Crippen molar-refractivity contribution in [3.63, 3.8) is 0 Å². The van der Waals surface area contributed by atoms with E-state index in [9.17, 15) is 4.79 Å². The average Bonchev–Trinajstić information content (AvgIpc) is 2.92. The lowest BCUT2D eigenvalue weighted by Gasteiger charge is -2.12. The largest absolute Gasteiger partial charge is 0.482 e. The lowest BCUT2D eigenvalue weighted by Crippen LogP contribution is -2.21. The van der Waals surface area contributed by atoms with Crippen LogP contribution in [0.5, 0.6) is 5.75 Å². The van der Waals surface area contributed by atoms with Crippen LogP contribution in [-0.2, 0) is 38.1 Å². The predicted octanol–water partition coefficient (Wildman–Crippen LogP) is 3.50. The number of nitrogens with zero attached hydrogens (tertiary/aromatic N) is 2. The van der Waals surface area contributed by atoms with E-state index in [1.165, 1.54) is 0 Å². The number of hydrogen-bond donors (Lipinski definition) is 0. The number of hydrogen-bond acceptors (Lipinski definition) is 3. The van der Waals surface area contributed by atoms with Gasteiger partial charge in [-0.05, 0) is 17.5 Å². The van der Waals surface area contributed by atoms with Crippen molar-refractivity contribution >= 4 is 0 Å². The van der Waals surface area contributed by atoms with Gasteiger partial charge in [0.15, 0.2) is 0 Å². The number of rotatable bonds is 8. The van der Waals surface area contributed by atoms with Crippen LogP contribution < -0.4 is 10.3 Å². The van der Waals surface area contributed by atoms with Gasteiger partial charge in [-0.3, -0.25) is 9.48 Å². The summed E-state index contributed by atoms with van der Waals surface area (Å²) in [6.07, 6.45) is 0.689. The van der Waals surface area contributed by atoms with E-state index in [-0.39, 0.29) is 5.56 Å². The molecule has 0 amide bonds. The Morgan fingerprint density at radius 1 is 0.885 bits per heavy atom. The third kappa shape index (κ3) is 4.06. The van der Waals surface area contributed by atoms with Gasteiger partial charge in [-0.15, -0.1) is 0 Å². The van der Waals surface area contributed by atoms with E-state index in [0.717, 1.165) is 16.8 Å². The van der Waals surface area contributed by atoms with Gasteiger partial charge in [-0.25, -0.2) is 4.68 Å². The van der Waals surface area contributed by atoms with Crippen LogP contribution in [-0.4, -0.2) is 9.36 Å². The Hall–Kier alpha value is -2.79. The molecule has 136 valence electrons. The van der Waals surface area contributed by atoms with E-state index >= 15 is 0 Å². The summed E-state index contributed by atoms with van der Waals surface area (Å²) in [5.41, 5.74) is 2.84. The fourth-order valence-electron chi connectivity index (χ4n) is 2.88. The van der Waals surface area contributed by atoms with E-state index < -0.39 is 0 Å². The monoisotopic (exact) mass is 352 g/mol. The first-order valence-electron chi connectivity index (χ1n) is 8.77. The molecule has 0 aliphatic carbocycles. The van der Waals surface area contributed by atoms with Crippen LogP contribution in [0.25, 0.3) is 0 Å². The first-order chi connectivity index (χ1) is 12.7. The van der Waals surface area contributed by atoms with Gasteiger partial charge in [-0.2, -0.15) is 0 Å². The summed E-state index contributed by atoms with van der Waals surface area (Å²) in [5.74, 6) is 0.405. The quantitative estimate of drug-likeness (QED) is 0.623. The summed E-state index contributed by atoms with van der Waals surface area (Å²) >= 11 is 0. The molecular formula is C21H24N2O3. The smallest absolute Gasteiger partial charge is 0.309 e. The molecular weight excluding hydrogens is 328 g/mol. The Morgan fingerprint density at radius 3 is 2.04 bits per heavy atom. The summed E-state index contributed by atoms with van der Waals surface area (Å²) < 4.78 is 15.1. The van der Waals surface area contributed by atoms with Crippen molar-refractivity contribution in [1.29, 1.82) is 0 Å². The van der Waals surface area contributed by atoms with E-state index in [1.807, 2.05) is 72.3 Å². The van der Waals surface area contributed by atoms with Gasteiger partial charge in [0.25, 0.3) is 0 Å². The first kappa shape index (κ1) is 18.0. The normalized spacial score (nSPS) is 10.8. The van der Waals surface area contributed by atoms with Gasteiger partial charge < -0.3 is 9.47 Å². The van der Waals surface area contributed by atoms with Crippen LogP contribution in [0.15, 0.2) is 65.5 Å². The second kappa shape index (κ2) is 8.54. The highest BCUT2D eigenvalue weighted by Crippen LogP contribution is 2.17. The Labute approximate surface area is 153 Å². The highest BCUT2D eigenvalue weighted by atomic mass is 16.5. The summed E-state index contributed by atoms with van der Waals surface area (Å²) in [7, 11) is 1.74. The maximum atomic E-state index is 12.6. The van der Waals surface area contributed by atoms with E-state index in [2.05, 4.69) is 0 Å². The molecule has 0 fully saturated rings. The van der Waals surface area contributed by atoms with Crippen molar-refractivity contribution in [2.75, 3.05) is 0 Å². The fourth-order valence-corrected chi connectivity index (χ4v) is 2.88. The fraction of sp³-hybridized carbons (Fsp3) is 0.286. The molecule has 26 heavy (non-hydrogen) atoms. The predicted molar refractivity (Wildman–Crippen MR) is 101 cm³/mol. The highest BCUT2D eigenvalue weighted by molar-refractivity contribution is 5.27. The molecule has 0 aliphatic heterocycles. The van der Waals surface area contributed by atoms with Crippen molar-refractivity contribution in [2.45, 2.75) is 33.3 Å². The number of ether oxygens (including phenoxy) is 2. The van der Waals surface area contributed by atoms with E-state index in [4.69, 9.17) is 9.47 Å².